The summed E-state index contributed by atoms with van der Waals surface area (Å²) in [6, 6.07) is 0. The highest BCUT2D eigenvalue weighted by Gasteiger charge is 1.95. The molecule has 0 unspecified atom stereocenters. The predicted molar refractivity (Wildman–Crippen MR) is 78.6 cm³/mol. The van der Waals surface area contributed by atoms with E-state index < -0.39 is 0 Å². The topological polar surface area (TPSA) is 67.4 Å². The number of unbranched alkanes of at least 4 members (excludes halogenated alkanes) is 3. The fourth-order valence-electron chi connectivity index (χ4n) is 1.25. The van der Waals surface area contributed by atoms with Crippen LogP contribution in [0.25, 0.3) is 0 Å². The summed E-state index contributed by atoms with van der Waals surface area (Å²) in [5, 5.41) is 5.43. The van der Waals surface area contributed by atoms with Crippen molar-refractivity contribution in [1.29, 1.82) is 0 Å². The van der Waals surface area contributed by atoms with E-state index in [0.717, 1.165) is 38.3 Å². The van der Waals surface area contributed by atoms with E-state index in [1.807, 2.05) is 0 Å². The summed E-state index contributed by atoms with van der Waals surface area (Å²) in [5.41, 5.74) is 0. The zero-order valence-corrected chi connectivity index (χ0v) is 11.7. The summed E-state index contributed by atoms with van der Waals surface area (Å²) in [6.07, 6.45) is 8.74. The van der Waals surface area contributed by atoms with Crippen LogP contribution in [0.2, 0.25) is 0 Å². The number of rotatable bonds is 11. The van der Waals surface area contributed by atoms with Crippen LogP contribution in [0.1, 0.15) is 25.7 Å². The van der Waals surface area contributed by atoms with Gasteiger partial charge in [-0.2, -0.15) is 0 Å². The molecule has 0 saturated carbocycles. The van der Waals surface area contributed by atoms with Crippen LogP contribution >= 0.6 is 12.2 Å². The van der Waals surface area contributed by atoms with Gasteiger partial charge in [-0.1, -0.05) is 25.2 Å². The summed E-state index contributed by atoms with van der Waals surface area (Å²) in [5.74, 6) is -0.372. The third-order valence-corrected chi connectivity index (χ3v) is 2.46. The predicted octanol–water partition coefficient (Wildman–Crippen LogP) is 1.45. The van der Waals surface area contributed by atoms with Gasteiger partial charge in [0.15, 0.2) is 0 Å². The SMILES string of the molecule is C=CC(=O)OCCCCCCNC(=S)/C=C\NC=O. The molecule has 0 aromatic carbocycles. The van der Waals surface area contributed by atoms with Gasteiger partial charge in [-0.3, -0.25) is 4.79 Å². The maximum atomic E-state index is 10.7. The molecule has 0 heterocycles. The minimum atomic E-state index is -0.372. The van der Waals surface area contributed by atoms with Crippen molar-refractivity contribution in [2.45, 2.75) is 25.7 Å². The number of thiocarbonyl (C=S) groups is 1. The Morgan fingerprint density at radius 3 is 2.68 bits per heavy atom. The van der Waals surface area contributed by atoms with Crippen LogP contribution in [0, 0.1) is 0 Å². The van der Waals surface area contributed by atoms with Gasteiger partial charge in [-0.15, -0.1) is 0 Å². The van der Waals surface area contributed by atoms with E-state index in [2.05, 4.69) is 17.2 Å². The zero-order valence-electron chi connectivity index (χ0n) is 10.9. The molecule has 0 radical (unpaired) electrons. The van der Waals surface area contributed by atoms with E-state index in [-0.39, 0.29) is 5.97 Å². The summed E-state index contributed by atoms with van der Waals surface area (Å²) in [7, 11) is 0. The van der Waals surface area contributed by atoms with Gasteiger partial charge in [0.25, 0.3) is 0 Å². The Kier molecular flexibility index (Phi) is 11.6. The number of carbonyl (C=O) groups excluding carboxylic acids is 2. The molecule has 0 saturated heterocycles. The van der Waals surface area contributed by atoms with Crippen LogP contribution in [0.5, 0.6) is 0 Å². The van der Waals surface area contributed by atoms with Crippen LogP contribution in [0.4, 0.5) is 0 Å². The first-order valence-electron chi connectivity index (χ1n) is 6.14. The number of nitrogens with one attached hydrogen (secondary N) is 2. The summed E-state index contributed by atoms with van der Waals surface area (Å²) >= 11 is 5.01. The molecule has 0 rings (SSSR count). The minimum absolute atomic E-state index is 0.372. The second kappa shape index (κ2) is 12.8. The van der Waals surface area contributed by atoms with Crippen molar-refractivity contribution in [3.05, 3.63) is 24.9 Å². The first-order valence-corrected chi connectivity index (χ1v) is 6.54. The first-order chi connectivity index (χ1) is 9.20. The third-order valence-electron chi connectivity index (χ3n) is 2.18. The van der Waals surface area contributed by atoms with Crippen molar-refractivity contribution in [1.82, 2.24) is 10.6 Å². The molecule has 19 heavy (non-hydrogen) atoms. The van der Waals surface area contributed by atoms with Crippen LogP contribution in [0.15, 0.2) is 24.9 Å². The highest BCUT2D eigenvalue weighted by atomic mass is 32.1. The van der Waals surface area contributed by atoms with Gasteiger partial charge in [0.2, 0.25) is 6.41 Å². The second-order valence-electron chi connectivity index (χ2n) is 3.69. The highest BCUT2D eigenvalue weighted by molar-refractivity contribution is 7.80. The lowest BCUT2D eigenvalue weighted by atomic mass is 10.2. The molecule has 5 nitrogen and oxygen atoms in total. The number of esters is 1. The van der Waals surface area contributed by atoms with Crippen molar-refractivity contribution in [2.24, 2.45) is 0 Å². The molecule has 1 amide bonds. The molecule has 0 bridgehead atoms. The van der Waals surface area contributed by atoms with Gasteiger partial charge in [-0.25, -0.2) is 4.79 Å². The maximum absolute atomic E-state index is 10.7. The van der Waals surface area contributed by atoms with Crippen molar-refractivity contribution in [2.75, 3.05) is 13.2 Å². The van der Waals surface area contributed by atoms with Gasteiger partial charge in [0, 0.05) is 18.8 Å². The Hall–Kier alpha value is -1.69. The lowest BCUT2D eigenvalue weighted by molar-refractivity contribution is -0.137. The van der Waals surface area contributed by atoms with Crippen molar-refractivity contribution >= 4 is 29.6 Å². The summed E-state index contributed by atoms with van der Waals surface area (Å²) in [4.78, 5) is 21.3. The smallest absolute Gasteiger partial charge is 0.330 e. The maximum Gasteiger partial charge on any atom is 0.330 e. The van der Waals surface area contributed by atoms with Crippen LogP contribution < -0.4 is 10.6 Å². The third kappa shape index (κ3) is 12.6. The molecule has 0 fully saturated rings. The average Bonchev–Trinajstić information content (AvgIpc) is 2.41. The molecule has 0 spiro atoms. The number of hydrogen-bond acceptors (Lipinski definition) is 4. The average molecular weight is 284 g/mol. The Labute approximate surface area is 119 Å². The standard InChI is InChI=1S/C13H20N2O3S/c1-2-13(17)18-10-6-4-3-5-8-15-12(19)7-9-14-11-16/h2,7,9,11H,1,3-6,8,10H2,(H,14,16)(H,15,19)/b9-7-. The summed E-state index contributed by atoms with van der Waals surface area (Å²) < 4.78 is 4.85. The molecule has 106 valence electrons. The van der Waals surface area contributed by atoms with Gasteiger partial charge < -0.3 is 15.4 Å². The normalized spacial score (nSPS) is 9.89. The monoisotopic (exact) mass is 284 g/mol. The van der Waals surface area contributed by atoms with E-state index in [4.69, 9.17) is 17.0 Å². The second-order valence-corrected chi connectivity index (χ2v) is 4.13. The zero-order chi connectivity index (χ0) is 14.3. The van der Waals surface area contributed by atoms with E-state index in [9.17, 15) is 9.59 Å². The van der Waals surface area contributed by atoms with Crippen LogP contribution in [-0.4, -0.2) is 30.5 Å². The largest absolute Gasteiger partial charge is 0.463 e. The van der Waals surface area contributed by atoms with Crippen molar-refractivity contribution < 1.29 is 14.3 Å². The van der Waals surface area contributed by atoms with E-state index in [1.165, 1.54) is 6.20 Å². The lowest BCUT2D eigenvalue weighted by Gasteiger charge is -2.04. The molecular weight excluding hydrogens is 264 g/mol. The Bertz CT molecular complexity index is 330. The number of amides is 1. The highest BCUT2D eigenvalue weighted by Crippen LogP contribution is 1.99. The molecule has 2 N–H and O–H groups in total. The Morgan fingerprint density at radius 1 is 1.26 bits per heavy atom. The molecule has 0 aromatic rings. The molecule has 0 aliphatic rings. The fourth-order valence-corrected chi connectivity index (χ4v) is 1.42. The number of carbonyl (C=O) groups is 2. The molecule has 0 aliphatic carbocycles. The molecule has 0 aliphatic heterocycles. The van der Waals surface area contributed by atoms with E-state index in [0.29, 0.717) is 18.0 Å². The van der Waals surface area contributed by atoms with Crippen molar-refractivity contribution in [3.8, 4) is 0 Å². The van der Waals surface area contributed by atoms with Crippen LogP contribution in [0.3, 0.4) is 0 Å². The van der Waals surface area contributed by atoms with E-state index >= 15 is 0 Å². The molecule has 0 aromatic heterocycles. The van der Waals surface area contributed by atoms with Crippen molar-refractivity contribution in [3.63, 3.8) is 0 Å². The molecular formula is C13H20N2O3S. The van der Waals surface area contributed by atoms with E-state index in [1.54, 1.807) is 6.08 Å². The Balaban J connectivity index is 3.31. The number of ether oxygens (including phenoxy) is 1. The quantitative estimate of drug-likeness (QED) is 0.198. The molecule has 6 heteroatoms. The van der Waals surface area contributed by atoms with Gasteiger partial charge >= 0.3 is 5.97 Å². The van der Waals surface area contributed by atoms with Crippen LogP contribution in [-0.2, 0) is 14.3 Å². The minimum Gasteiger partial charge on any atom is -0.463 e. The van der Waals surface area contributed by atoms with Gasteiger partial charge in [0.1, 0.15) is 4.99 Å². The Morgan fingerprint density at radius 2 is 2.00 bits per heavy atom. The summed E-state index contributed by atoms with van der Waals surface area (Å²) in [6.45, 7) is 4.55. The lowest BCUT2D eigenvalue weighted by Crippen LogP contribution is -2.21. The number of hydrogen-bond donors (Lipinski definition) is 2. The molecule has 0 atom stereocenters. The van der Waals surface area contributed by atoms with Gasteiger partial charge in [-0.05, 0) is 25.3 Å². The first kappa shape index (κ1) is 17.3. The van der Waals surface area contributed by atoms with Gasteiger partial charge in [0.05, 0.1) is 6.61 Å². The fraction of sp³-hybridized carbons (Fsp3) is 0.462.